The topological polar surface area (TPSA) is 96.6 Å². The molecule has 3 aromatic rings. The van der Waals surface area contributed by atoms with Crippen LogP contribution in [0.15, 0.2) is 58.3 Å². The molecule has 152 valence electrons. The maximum absolute atomic E-state index is 12.8. The van der Waals surface area contributed by atoms with Crippen molar-refractivity contribution in [2.75, 3.05) is 5.32 Å². The van der Waals surface area contributed by atoms with Gasteiger partial charge < -0.3 is 9.73 Å². The summed E-state index contributed by atoms with van der Waals surface area (Å²) in [5, 5.41) is 7.20. The van der Waals surface area contributed by atoms with Crippen molar-refractivity contribution in [2.45, 2.75) is 26.2 Å². The van der Waals surface area contributed by atoms with Crippen molar-refractivity contribution in [1.29, 1.82) is 0 Å². The lowest BCUT2D eigenvalue weighted by Gasteiger charge is -2.13. The average Bonchev–Trinajstić information content (AvgIpc) is 3.11. The highest BCUT2D eigenvalue weighted by molar-refractivity contribution is 14.1. The first kappa shape index (κ1) is 20.3. The Balaban J connectivity index is 1.56. The van der Waals surface area contributed by atoms with Gasteiger partial charge in [-0.05, 0) is 78.8 Å². The quantitative estimate of drug-likeness (QED) is 0.401. The molecule has 0 unspecified atom stereocenters. The highest BCUT2D eigenvalue weighted by Crippen LogP contribution is 2.30. The maximum atomic E-state index is 12.8. The van der Waals surface area contributed by atoms with E-state index in [0.717, 1.165) is 33.3 Å². The summed E-state index contributed by atoms with van der Waals surface area (Å²) in [7, 11) is 0. The number of fused-ring (bicyclic) bond motifs is 1. The summed E-state index contributed by atoms with van der Waals surface area (Å²) in [4.78, 5) is 29.0. The molecule has 7 nitrogen and oxygen atoms in total. The van der Waals surface area contributed by atoms with Crippen molar-refractivity contribution in [3.63, 3.8) is 0 Å². The first-order chi connectivity index (χ1) is 14.5. The lowest BCUT2D eigenvalue weighted by Crippen LogP contribution is -2.22. The minimum atomic E-state index is -0.310. The predicted molar refractivity (Wildman–Crippen MR) is 122 cm³/mol. The van der Waals surface area contributed by atoms with Crippen LogP contribution in [0.1, 0.15) is 50.6 Å². The average molecular weight is 514 g/mol. The summed E-state index contributed by atoms with van der Waals surface area (Å²) in [5.74, 6) is 0.384. The molecule has 0 fully saturated rings. The molecule has 8 heteroatoms. The third kappa shape index (κ3) is 4.28. The molecule has 2 N–H and O–H groups in total. The number of carbonyl (C=O) groups excluding carboxylic acids is 2. The summed E-state index contributed by atoms with van der Waals surface area (Å²) in [5.41, 5.74) is 6.03. The minimum Gasteiger partial charge on any atom is -0.455 e. The SMILES string of the molecule is Cc1c(C(=O)Nc2ccc(I)cc2)oc2c1/C(=N/NC(=O)c1ccncc1)CCC2. The van der Waals surface area contributed by atoms with Gasteiger partial charge in [0.2, 0.25) is 0 Å². The number of hydrogen-bond donors (Lipinski definition) is 2. The zero-order valence-corrected chi connectivity index (χ0v) is 18.4. The van der Waals surface area contributed by atoms with Crippen LogP contribution < -0.4 is 10.7 Å². The molecule has 0 saturated heterocycles. The fraction of sp³-hybridized carbons (Fsp3) is 0.182. The number of nitrogens with zero attached hydrogens (tertiary/aromatic N) is 2. The monoisotopic (exact) mass is 514 g/mol. The van der Waals surface area contributed by atoms with Crippen molar-refractivity contribution in [1.82, 2.24) is 10.4 Å². The summed E-state index contributed by atoms with van der Waals surface area (Å²) < 4.78 is 6.99. The van der Waals surface area contributed by atoms with Crippen LogP contribution in [0.5, 0.6) is 0 Å². The van der Waals surface area contributed by atoms with Crippen molar-refractivity contribution < 1.29 is 14.0 Å². The lowest BCUT2D eigenvalue weighted by atomic mass is 9.93. The van der Waals surface area contributed by atoms with E-state index >= 15 is 0 Å². The maximum Gasteiger partial charge on any atom is 0.291 e. The highest BCUT2D eigenvalue weighted by atomic mass is 127. The Kier molecular flexibility index (Phi) is 5.93. The minimum absolute atomic E-state index is 0.272. The first-order valence-electron chi connectivity index (χ1n) is 9.49. The van der Waals surface area contributed by atoms with Crippen LogP contribution >= 0.6 is 22.6 Å². The number of halogens is 1. The van der Waals surface area contributed by atoms with Gasteiger partial charge in [-0.1, -0.05) is 0 Å². The van der Waals surface area contributed by atoms with Gasteiger partial charge in [-0.2, -0.15) is 5.10 Å². The summed E-state index contributed by atoms with van der Waals surface area (Å²) in [6.45, 7) is 1.84. The summed E-state index contributed by atoms with van der Waals surface area (Å²) in [6.07, 6.45) is 5.37. The van der Waals surface area contributed by atoms with E-state index in [-0.39, 0.29) is 17.6 Å². The van der Waals surface area contributed by atoms with E-state index in [1.807, 2.05) is 31.2 Å². The number of benzene rings is 1. The second-order valence-electron chi connectivity index (χ2n) is 6.90. The molecule has 2 amide bonds. The molecular weight excluding hydrogens is 495 g/mol. The number of aromatic nitrogens is 1. The first-order valence-corrected chi connectivity index (χ1v) is 10.6. The molecule has 2 heterocycles. The standard InChI is InChI=1S/C22H19IN4O3/c1-13-19-17(26-27-21(28)14-9-11-24-12-10-14)3-2-4-18(19)30-20(13)22(29)25-16-7-5-15(23)6-8-16/h5-12H,2-4H2,1H3,(H,25,29)(H,27,28)/b26-17+. The molecule has 1 aromatic carbocycles. The molecule has 0 radical (unpaired) electrons. The Labute approximate surface area is 187 Å². The summed E-state index contributed by atoms with van der Waals surface area (Å²) in [6, 6.07) is 10.8. The smallest absolute Gasteiger partial charge is 0.291 e. The Bertz CT molecular complexity index is 1120. The molecule has 0 spiro atoms. The Morgan fingerprint density at radius 2 is 1.80 bits per heavy atom. The van der Waals surface area contributed by atoms with E-state index in [0.29, 0.717) is 23.4 Å². The van der Waals surface area contributed by atoms with Crippen LogP contribution in [0.3, 0.4) is 0 Å². The zero-order chi connectivity index (χ0) is 21.1. The van der Waals surface area contributed by atoms with Crippen molar-refractivity contribution in [3.8, 4) is 0 Å². The van der Waals surface area contributed by atoms with E-state index in [9.17, 15) is 9.59 Å². The van der Waals surface area contributed by atoms with Crippen molar-refractivity contribution in [2.24, 2.45) is 5.10 Å². The van der Waals surface area contributed by atoms with E-state index in [4.69, 9.17) is 4.42 Å². The number of hydrogen-bond acceptors (Lipinski definition) is 5. The fourth-order valence-corrected chi connectivity index (χ4v) is 3.76. The van der Waals surface area contributed by atoms with Crippen molar-refractivity contribution >= 4 is 45.8 Å². The fourth-order valence-electron chi connectivity index (χ4n) is 3.40. The number of pyridine rings is 1. The van der Waals surface area contributed by atoms with Gasteiger partial charge in [-0.15, -0.1) is 0 Å². The number of aryl methyl sites for hydroxylation is 1. The molecule has 0 aliphatic heterocycles. The normalized spacial score (nSPS) is 14.3. The molecule has 30 heavy (non-hydrogen) atoms. The van der Waals surface area contributed by atoms with E-state index in [1.54, 1.807) is 24.5 Å². The highest BCUT2D eigenvalue weighted by Gasteiger charge is 2.28. The second-order valence-corrected chi connectivity index (χ2v) is 8.15. The van der Waals surface area contributed by atoms with Crippen LogP contribution in [0, 0.1) is 10.5 Å². The molecule has 0 saturated carbocycles. The number of rotatable bonds is 4. The number of carbonyl (C=O) groups is 2. The van der Waals surface area contributed by atoms with Gasteiger partial charge in [-0.3, -0.25) is 14.6 Å². The molecule has 2 aromatic heterocycles. The molecule has 1 aliphatic rings. The molecule has 1 aliphatic carbocycles. The third-order valence-corrected chi connectivity index (χ3v) is 5.59. The number of furan rings is 1. The van der Waals surface area contributed by atoms with Crippen LogP contribution in [0.25, 0.3) is 0 Å². The second kappa shape index (κ2) is 8.78. The van der Waals surface area contributed by atoms with Gasteiger partial charge in [0.15, 0.2) is 5.76 Å². The third-order valence-electron chi connectivity index (χ3n) is 4.87. The lowest BCUT2D eigenvalue weighted by molar-refractivity contribution is 0.0953. The van der Waals surface area contributed by atoms with Crippen LogP contribution in [-0.4, -0.2) is 22.5 Å². The van der Waals surface area contributed by atoms with Gasteiger partial charge in [0.25, 0.3) is 11.8 Å². The van der Waals surface area contributed by atoms with Gasteiger partial charge in [0.1, 0.15) is 5.76 Å². The number of hydrazone groups is 1. The molecule has 0 bridgehead atoms. The Hall–Kier alpha value is -3.01. The number of amides is 2. The zero-order valence-electron chi connectivity index (χ0n) is 16.2. The summed E-state index contributed by atoms with van der Waals surface area (Å²) >= 11 is 2.21. The van der Waals surface area contributed by atoms with Gasteiger partial charge in [0.05, 0.1) is 5.71 Å². The van der Waals surface area contributed by atoms with Gasteiger partial charge >= 0.3 is 0 Å². The van der Waals surface area contributed by atoms with E-state index in [1.165, 1.54) is 0 Å². The predicted octanol–water partition coefficient (Wildman–Crippen LogP) is 4.31. The van der Waals surface area contributed by atoms with E-state index < -0.39 is 0 Å². The number of anilines is 1. The van der Waals surface area contributed by atoms with Crippen LogP contribution in [0.2, 0.25) is 0 Å². The molecule has 4 rings (SSSR count). The van der Waals surface area contributed by atoms with Crippen molar-refractivity contribution in [3.05, 3.63) is 80.6 Å². The van der Waals surface area contributed by atoms with E-state index in [2.05, 4.69) is 43.4 Å². The van der Waals surface area contributed by atoms with Gasteiger partial charge in [-0.25, -0.2) is 5.43 Å². The molecule has 0 atom stereocenters. The van der Waals surface area contributed by atoms with Gasteiger partial charge in [0, 0.05) is 44.8 Å². The largest absolute Gasteiger partial charge is 0.455 e. The van der Waals surface area contributed by atoms with Crippen LogP contribution in [0.4, 0.5) is 5.69 Å². The Morgan fingerprint density at radius 3 is 2.53 bits per heavy atom. The Morgan fingerprint density at radius 1 is 1.07 bits per heavy atom. The number of nitrogens with one attached hydrogen (secondary N) is 2. The molecular formula is C22H19IN4O3. The van der Waals surface area contributed by atoms with Crippen LogP contribution in [-0.2, 0) is 6.42 Å².